The second-order valence-corrected chi connectivity index (χ2v) is 6.56. The molecule has 0 N–H and O–H groups in total. The van der Waals surface area contributed by atoms with E-state index in [1.807, 2.05) is 34.7 Å². The van der Waals surface area contributed by atoms with Gasteiger partial charge in [-0.25, -0.2) is 0 Å². The first-order chi connectivity index (χ1) is 12.1. The van der Waals surface area contributed by atoms with Gasteiger partial charge in [-0.2, -0.15) is 5.10 Å². The summed E-state index contributed by atoms with van der Waals surface area (Å²) in [4.78, 5) is 16.9. The molecule has 1 aliphatic heterocycles. The highest BCUT2D eigenvalue weighted by atomic mass is 16.5. The van der Waals surface area contributed by atoms with Gasteiger partial charge < -0.3 is 9.64 Å². The van der Waals surface area contributed by atoms with Crippen molar-refractivity contribution in [3.63, 3.8) is 0 Å². The van der Waals surface area contributed by atoms with E-state index in [-0.39, 0.29) is 11.9 Å². The lowest BCUT2D eigenvalue weighted by molar-refractivity contribution is -0.134. The molecular weight excluding hydrogens is 316 g/mol. The minimum absolute atomic E-state index is 0.196. The predicted molar refractivity (Wildman–Crippen MR) is 96.5 cm³/mol. The number of carbonyl (C=O) groups is 1. The number of aryl methyl sites for hydroxylation is 2. The number of rotatable bonds is 5. The molecule has 0 radical (unpaired) electrons. The summed E-state index contributed by atoms with van der Waals surface area (Å²) in [5, 5.41) is 4.25. The van der Waals surface area contributed by atoms with Crippen molar-refractivity contribution in [2.24, 2.45) is 0 Å². The fourth-order valence-electron chi connectivity index (χ4n) is 3.28. The maximum Gasteiger partial charge on any atom is 0.224 e. The van der Waals surface area contributed by atoms with Crippen molar-refractivity contribution in [3.8, 4) is 5.75 Å². The maximum atomic E-state index is 12.6. The molecule has 1 aromatic heterocycles. The second-order valence-electron chi connectivity index (χ2n) is 6.56. The maximum absolute atomic E-state index is 12.6. The predicted octanol–water partition coefficient (Wildman–Crippen LogP) is 2.11. The van der Waals surface area contributed by atoms with Gasteiger partial charge in [0.2, 0.25) is 5.91 Å². The van der Waals surface area contributed by atoms with Crippen LogP contribution < -0.4 is 4.74 Å². The highest BCUT2D eigenvalue weighted by molar-refractivity contribution is 5.76. The van der Waals surface area contributed by atoms with Crippen LogP contribution in [0.5, 0.6) is 5.75 Å². The van der Waals surface area contributed by atoms with Gasteiger partial charge in [0, 0.05) is 44.5 Å². The van der Waals surface area contributed by atoms with Crippen LogP contribution >= 0.6 is 0 Å². The summed E-state index contributed by atoms with van der Waals surface area (Å²) in [6, 6.07) is 10.3. The molecule has 6 nitrogen and oxygen atoms in total. The Hall–Kier alpha value is -2.34. The van der Waals surface area contributed by atoms with Crippen LogP contribution in [0.4, 0.5) is 0 Å². The average molecular weight is 342 g/mol. The Morgan fingerprint density at radius 1 is 1.24 bits per heavy atom. The number of methoxy groups -OCH3 is 1. The minimum Gasteiger partial charge on any atom is -0.497 e. The average Bonchev–Trinajstić information content (AvgIpc) is 3.05. The van der Waals surface area contributed by atoms with E-state index in [4.69, 9.17) is 4.74 Å². The van der Waals surface area contributed by atoms with Crippen LogP contribution in [0.25, 0.3) is 0 Å². The third-order valence-electron chi connectivity index (χ3n) is 4.97. The van der Waals surface area contributed by atoms with Gasteiger partial charge in [0.05, 0.1) is 13.2 Å². The van der Waals surface area contributed by atoms with Crippen molar-refractivity contribution in [3.05, 3.63) is 47.8 Å². The van der Waals surface area contributed by atoms with Gasteiger partial charge in [-0.1, -0.05) is 12.1 Å². The first-order valence-electron chi connectivity index (χ1n) is 8.69. The van der Waals surface area contributed by atoms with E-state index in [1.165, 1.54) is 5.56 Å². The highest BCUT2D eigenvalue weighted by Crippen LogP contribution is 2.26. The van der Waals surface area contributed by atoms with E-state index in [0.717, 1.165) is 31.1 Å². The molecule has 1 fully saturated rings. The van der Waals surface area contributed by atoms with Gasteiger partial charge in [0.25, 0.3) is 0 Å². The lowest BCUT2D eigenvalue weighted by Gasteiger charge is -2.39. The minimum atomic E-state index is 0.196. The summed E-state index contributed by atoms with van der Waals surface area (Å²) >= 11 is 0. The molecule has 1 unspecified atom stereocenters. The number of hydrogen-bond acceptors (Lipinski definition) is 4. The molecule has 2 heterocycles. The number of aromatic nitrogens is 2. The fraction of sp³-hybridized carbons (Fsp3) is 0.474. The third kappa shape index (κ3) is 4.02. The Labute approximate surface area is 149 Å². The summed E-state index contributed by atoms with van der Waals surface area (Å²) in [6.45, 7) is 5.02. The number of hydrogen-bond donors (Lipinski definition) is 0. The molecule has 1 aliphatic rings. The SMILES string of the molecule is COc1ccc(C2CN(C(=O)CCn3nccc3C)CCN2C)cc1. The van der Waals surface area contributed by atoms with Gasteiger partial charge in [-0.15, -0.1) is 0 Å². The van der Waals surface area contributed by atoms with Crippen LogP contribution in [0, 0.1) is 6.92 Å². The molecule has 134 valence electrons. The number of benzene rings is 1. The normalized spacial score (nSPS) is 18.4. The van der Waals surface area contributed by atoms with E-state index in [1.54, 1.807) is 13.3 Å². The molecule has 3 rings (SSSR count). The Kier molecular flexibility index (Phi) is 5.38. The second kappa shape index (κ2) is 7.70. The summed E-state index contributed by atoms with van der Waals surface area (Å²) in [5.74, 6) is 1.05. The topological polar surface area (TPSA) is 50.6 Å². The highest BCUT2D eigenvalue weighted by Gasteiger charge is 2.28. The van der Waals surface area contributed by atoms with Gasteiger partial charge in [-0.3, -0.25) is 14.4 Å². The number of amides is 1. The Bertz CT molecular complexity index is 710. The quantitative estimate of drug-likeness (QED) is 0.835. The first kappa shape index (κ1) is 17.5. The van der Waals surface area contributed by atoms with Gasteiger partial charge in [-0.05, 0) is 37.7 Å². The molecule has 1 aromatic carbocycles. The molecule has 0 saturated carbocycles. The Morgan fingerprint density at radius 2 is 2.00 bits per heavy atom. The number of carbonyl (C=O) groups excluding carboxylic acids is 1. The lowest BCUT2D eigenvalue weighted by atomic mass is 10.0. The summed E-state index contributed by atoms with van der Waals surface area (Å²) in [5.41, 5.74) is 2.30. The molecule has 1 amide bonds. The third-order valence-corrected chi connectivity index (χ3v) is 4.97. The van der Waals surface area contributed by atoms with Gasteiger partial charge >= 0.3 is 0 Å². The molecule has 1 saturated heterocycles. The molecule has 2 aromatic rings. The summed E-state index contributed by atoms with van der Waals surface area (Å²) in [6.07, 6.45) is 2.26. The molecule has 1 atom stereocenters. The molecule has 0 bridgehead atoms. The van der Waals surface area contributed by atoms with Crippen LogP contribution in [-0.4, -0.2) is 59.3 Å². The summed E-state index contributed by atoms with van der Waals surface area (Å²) < 4.78 is 7.12. The standard InChI is InChI=1S/C19H26N4O2/c1-15-8-10-20-23(15)11-9-19(24)22-13-12-21(2)18(14-22)16-4-6-17(25-3)7-5-16/h4-8,10,18H,9,11-14H2,1-3H3. The number of nitrogens with zero attached hydrogens (tertiary/aromatic N) is 4. The lowest BCUT2D eigenvalue weighted by Crippen LogP contribution is -2.49. The van der Waals surface area contributed by atoms with E-state index >= 15 is 0 Å². The first-order valence-corrected chi connectivity index (χ1v) is 8.69. The van der Waals surface area contributed by atoms with Crippen molar-refractivity contribution < 1.29 is 9.53 Å². The van der Waals surface area contributed by atoms with E-state index in [0.29, 0.717) is 13.0 Å². The zero-order chi connectivity index (χ0) is 17.8. The van der Waals surface area contributed by atoms with E-state index in [2.05, 4.69) is 29.2 Å². The van der Waals surface area contributed by atoms with Crippen molar-refractivity contribution in [1.82, 2.24) is 19.6 Å². The monoisotopic (exact) mass is 342 g/mol. The molecule has 6 heteroatoms. The zero-order valence-electron chi connectivity index (χ0n) is 15.2. The zero-order valence-corrected chi connectivity index (χ0v) is 15.2. The van der Waals surface area contributed by atoms with Crippen LogP contribution in [0.3, 0.4) is 0 Å². The Morgan fingerprint density at radius 3 is 2.64 bits per heavy atom. The fourth-order valence-corrected chi connectivity index (χ4v) is 3.28. The van der Waals surface area contributed by atoms with Crippen molar-refractivity contribution in [2.75, 3.05) is 33.8 Å². The molecular formula is C19H26N4O2. The smallest absolute Gasteiger partial charge is 0.224 e. The van der Waals surface area contributed by atoms with Crippen molar-refractivity contribution >= 4 is 5.91 Å². The van der Waals surface area contributed by atoms with Gasteiger partial charge in [0.15, 0.2) is 0 Å². The molecule has 0 aliphatic carbocycles. The van der Waals surface area contributed by atoms with Crippen molar-refractivity contribution in [1.29, 1.82) is 0 Å². The van der Waals surface area contributed by atoms with E-state index in [9.17, 15) is 4.79 Å². The number of ether oxygens (including phenoxy) is 1. The summed E-state index contributed by atoms with van der Waals surface area (Å²) in [7, 11) is 3.78. The van der Waals surface area contributed by atoms with Gasteiger partial charge in [0.1, 0.15) is 5.75 Å². The molecule has 25 heavy (non-hydrogen) atoms. The number of piperazine rings is 1. The Balaban J connectivity index is 1.62. The van der Waals surface area contributed by atoms with E-state index < -0.39 is 0 Å². The van der Waals surface area contributed by atoms with Crippen molar-refractivity contribution in [2.45, 2.75) is 25.9 Å². The van der Waals surface area contributed by atoms with Crippen LogP contribution in [-0.2, 0) is 11.3 Å². The van der Waals surface area contributed by atoms with Crippen LogP contribution in [0.2, 0.25) is 0 Å². The largest absolute Gasteiger partial charge is 0.497 e. The number of likely N-dealkylation sites (N-methyl/N-ethyl adjacent to an activating group) is 1. The molecule has 0 spiro atoms. The van der Waals surface area contributed by atoms with Crippen LogP contribution in [0.1, 0.15) is 23.7 Å². The van der Waals surface area contributed by atoms with Crippen LogP contribution in [0.15, 0.2) is 36.5 Å².